The highest BCUT2D eigenvalue weighted by Gasteiger charge is 2.67. The number of carbonyl (C=O) groups excluding carboxylic acids is 1. The second kappa shape index (κ2) is 16.6. The van der Waals surface area contributed by atoms with Crippen molar-refractivity contribution in [1.29, 1.82) is 0 Å². The maximum atomic E-state index is 13.6. The SMILES string of the molecule is Cc1c(CCC(=O)N2CC3C(C2)C3(C)c2cccc(NS(C)(=O)=O)c2)[nH]c2ccc(F)cc12.Cc1c(CCCN2CC3C(C2)C3(C)c2cccc(NS(C)(=O)=O)c2)[nH]c2ccc(F)cc12. The van der Waals surface area contributed by atoms with Crippen molar-refractivity contribution in [2.75, 3.05) is 54.7 Å². The molecule has 344 valence electrons. The molecule has 6 aromatic rings. The van der Waals surface area contributed by atoms with Crippen molar-refractivity contribution in [1.82, 2.24) is 19.8 Å². The molecular formula is C50H58F2N6O5S2. The Morgan fingerprint density at radius 3 is 1.57 bits per heavy atom. The van der Waals surface area contributed by atoms with Gasteiger partial charge in [0.15, 0.2) is 0 Å². The van der Waals surface area contributed by atoms with Crippen molar-refractivity contribution >= 4 is 59.1 Å². The van der Waals surface area contributed by atoms with E-state index in [1.807, 2.05) is 48.2 Å². The fraction of sp³-hybridized carbons (Fsp3) is 0.420. The van der Waals surface area contributed by atoms with Crippen LogP contribution in [-0.4, -0.2) is 87.7 Å². The summed E-state index contributed by atoms with van der Waals surface area (Å²) >= 11 is 0. The smallest absolute Gasteiger partial charge is 0.229 e. The summed E-state index contributed by atoms with van der Waals surface area (Å²) in [5.41, 5.74) is 9.86. The normalized spacial score (nSPS) is 24.7. The quantitative estimate of drug-likeness (QED) is 0.0916. The Hall–Kier alpha value is -5.25. The molecule has 4 atom stereocenters. The highest BCUT2D eigenvalue weighted by Crippen LogP contribution is 2.64. The second-order valence-corrected chi connectivity index (χ2v) is 22.9. The summed E-state index contributed by atoms with van der Waals surface area (Å²) in [7, 11) is -6.60. The molecule has 4 fully saturated rings. The number of piperidine rings is 2. The molecule has 4 N–H and O–H groups in total. The molecule has 2 aliphatic carbocycles. The van der Waals surface area contributed by atoms with E-state index in [-0.39, 0.29) is 28.4 Å². The number of aromatic amines is 2. The summed E-state index contributed by atoms with van der Waals surface area (Å²) < 4.78 is 78.5. The largest absolute Gasteiger partial charge is 0.358 e. The maximum absolute atomic E-state index is 13.6. The van der Waals surface area contributed by atoms with E-state index in [0.717, 1.165) is 96.0 Å². The first-order valence-corrected chi connectivity index (χ1v) is 26.2. The zero-order valence-electron chi connectivity index (χ0n) is 37.8. The number of H-pyrrole nitrogens is 2. The summed E-state index contributed by atoms with van der Waals surface area (Å²) in [4.78, 5) is 24.2. The Kier molecular flexibility index (Phi) is 11.5. The van der Waals surface area contributed by atoms with Gasteiger partial charge in [-0.1, -0.05) is 38.1 Å². The number of hydrogen-bond acceptors (Lipinski definition) is 6. The van der Waals surface area contributed by atoms with Crippen LogP contribution in [0.5, 0.6) is 0 Å². The predicted molar refractivity (Wildman–Crippen MR) is 254 cm³/mol. The number of benzene rings is 4. The average molecular weight is 925 g/mol. The van der Waals surface area contributed by atoms with Gasteiger partial charge in [0, 0.05) is 88.0 Å². The monoisotopic (exact) mass is 924 g/mol. The van der Waals surface area contributed by atoms with Crippen LogP contribution < -0.4 is 9.44 Å². The van der Waals surface area contributed by atoms with Gasteiger partial charge in [-0.3, -0.25) is 14.2 Å². The number of fused-ring (bicyclic) bond motifs is 4. The predicted octanol–water partition coefficient (Wildman–Crippen LogP) is 8.40. The van der Waals surface area contributed by atoms with Gasteiger partial charge in [-0.05, 0) is 146 Å². The van der Waals surface area contributed by atoms with E-state index in [9.17, 15) is 30.4 Å². The third kappa shape index (κ3) is 8.91. The Bertz CT molecular complexity index is 3030. The van der Waals surface area contributed by atoms with E-state index >= 15 is 0 Å². The topological polar surface area (TPSA) is 147 Å². The van der Waals surface area contributed by atoms with Gasteiger partial charge in [0.1, 0.15) is 11.6 Å². The first kappa shape index (κ1) is 44.9. The molecule has 0 bridgehead atoms. The van der Waals surface area contributed by atoms with Crippen LogP contribution in [0.25, 0.3) is 21.8 Å². The molecule has 65 heavy (non-hydrogen) atoms. The van der Waals surface area contributed by atoms with Crippen LogP contribution in [0.2, 0.25) is 0 Å². The lowest BCUT2D eigenvalue weighted by molar-refractivity contribution is -0.130. The summed E-state index contributed by atoms with van der Waals surface area (Å²) in [6, 6.07) is 25.1. The first-order chi connectivity index (χ1) is 30.7. The van der Waals surface area contributed by atoms with Crippen molar-refractivity contribution in [3.63, 3.8) is 0 Å². The van der Waals surface area contributed by atoms with Crippen LogP contribution in [0.3, 0.4) is 0 Å². The Morgan fingerprint density at radius 1 is 0.662 bits per heavy atom. The van der Waals surface area contributed by atoms with Gasteiger partial charge >= 0.3 is 0 Å². The summed E-state index contributed by atoms with van der Waals surface area (Å²) in [5, 5.41) is 1.84. The lowest BCUT2D eigenvalue weighted by atomic mass is 9.92. The van der Waals surface area contributed by atoms with Crippen molar-refractivity contribution in [3.8, 4) is 0 Å². The molecule has 4 heterocycles. The number of likely N-dealkylation sites (tertiary alicyclic amines) is 2. The van der Waals surface area contributed by atoms with E-state index < -0.39 is 20.0 Å². The standard InChI is InChI=1S/C25H28FN3O3S.C25H30FN3O2S/c1-15-19-12-17(26)7-8-23(19)27-22(15)9-10-24(30)29-13-20-21(14-29)25(20,2)16-5-4-6-18(11-16)28-33(3,31)32;1-16-20-13-18(26)9-10-24(20)27-23(16)8-5-11-29-14-21-22(15-29)25(21,2)17-6-4-7-19(12-17)28-32(3,30)31/h4-8,11-12,20-21,27-28H,9-10,13-14H2,1-3H3;4,6-7,9-10,12-13,21-22,27-28H,5,8,11,14-15H2,1-3H3. The Balaban J connectivity index is 0.000000164. The van der Waals surface area contributed by atoms with Crippen LogP contribution in [0.4, 0.5) is 20.2 Å². The van der Waals surface area contributed by atoms with Crippen LogP contribution in [0.1, 0.15) is 60.3 Å². The molecule has 2 saturated carbocycles. The van der Waals surface area contributed by atoms with Gasteiger partial charge in [0.05, 0.1) is 12.5 Å². The molecule has 10 rings (SSSR count). The summed E-state index contributed by atoms with van der Waals surface area (Å²) in [6.07, 6.45) is 5.38. The molecule has 4 unspecified atom stereocenters. The molecular weight excluding hydrogens is 867 g/mol. The van der Waals surface area contributed by atoms with Crippen molar-refractivity contribution in [2.45, 2.75) is 64.2 Å². The van der Waals surface area contributed by atoms with Crippen molar-refractivity contribution < 1.29 is 30.4 Å². The van der Waals surface area contributed by atoms with Crippen molar-refractivity contribution in [2.24, 2.45) is 23.7 Å². The van der Waals surface area contributed by atoms with Gasteiger partial charge in [-0.15, -0.1) is 0 Å². The van der Waals surface area contributed by atoms with E-state index in [2.05, 4.69) is 51.1 Å². The highest BCUT2D eigenvalue weighted by atomic mass is 32.2. The third-order valence-electron chi connectivity index (χ3n) is 15.2. The maximum Gasteiger partial charge on any atom is 0.229 e. The minimum absolute atomic E-state index is 0.0379. The lowest BCUT2D eigenvalue weighted by Gasteiger charge is -2.25. The van der Waals surface area contributed by atoms with Gasteiger partial charge in [-0.2, -0.15) is 0 Å². The molecule has 4 aliphatic rings. The van der Waals surface area contributed by atoms with Crippen molar-refractivity contribution in [3.05, 3.63) is 130 Å². The highest BCUT2D eigenvalue weighted by molar-refractivity contribution is 7.92. The molecule has 2 aliphatic heterocycles. The average Bonchev–Trinajstić information content (AvgIpc) is 3.64. The van der Waals surface area contributed by atoms with Gasteiger partial charge in [-0.25, -0.2) is 25.6 Å². The Labute approximate surface area is 380 Å². The van der Waals surface area contributed by atoms with E-state index in [1.54, 1.807) is 24.3 Å². The number of anilines is 2. The minimum atomic E-state index is -3.32. The molecule has 0 spiro atoms. The number of hydrogen-bond donors (Lipinski definition) is 4. The van der Waals surface area contributed by atoms with Gasteiger partial charge in [0.25, 0.3) is 0 Å². The van der Waals surface area contributed by atoms with E-state index in [0.29, 0.717) is 47.9 Å². The summed E-state index contributed by atoms with van der Waals surface area (Å²) in [5.74, 6) is 1.69. The molecule has 1 amide bonds. The zero-order valence-corrected chi connectivity index (χ0v) is 39.4. The zero-order chi connectivity index (χ0) is 46.2. The number of aromatic nitrogens is 2. The Morgan fingerprint density at radius 2 is 1.11 bits per heavy atom. The fourth-order valence-electron chi connectivity index (χ4n) is 11.4. The number of carbonyl (C=O) groups is 1. The number of aryl methyl sites for hydroxylation is 4. The van der Waals surface area contributed by atoms with Gasteiger partial charge in [0.2, 0.25) is 26.0 Å². The number of nitrogens with zero attached hydrogens (tertiary/aromatic N) is 2. The van der Waals surface area contributed by atoms with Crippen LogP contribution in [-0.2, 0) is 48.5 Å². The number of nitrogens with one attached hydrogen (secondary N) is 4. The fourth-order valence-corrected chi connectivity index (χ4v) is 12.5. The second-order valence-electron chi connectivity index (χ2n) is 19.4. The number of rotatable bonds is 13. The molecule has 2 aromatic heterocycles. The van der Waals surface area contributed by atoms with Crippen LogP contribution in [0, 0.1) is 49.2 Å². The molecule has 11 nitrogen and oxygen atoms in total. The van der Waals surface area contributed by atoms with E-state index in [4.69, 9.17) is 0 Å². The van der Waals surface area contributed by atoms with Crippen LogP contribution >= 0.6 is 0 Å². The summed E-state index contributed by atoms with van der Waals surface area (Å²) in [6.45, 7) is 13.2. The molecule has 2 saturated heterocycles. The number of amides is 1. The first-order valence-electron chi connectivity index (χ1n) is 22.4. The third-order valence-corrected chi connectivity index (χ3v) is 16.5. The van der Waals surface area contributed by atoms with Crippen LogP contribution in [0.15, 0.2) is 84.9 Å². The van der Waals surface area contributed by atoms with Gasteiger partial charge < -0.3 is 19.8 Å². The molecule has 4 aromatic carbocycles. The number of sulfonamides is 2. The lowest BCUT2D eigenvalue weighted by Crippen LogP contribution is -2.34. The molecule has 0 radical (unpaired) electrons. The molecule has 15 heteroatoms. The minimum Gasteiger partial charge on any atom is -0.358 e. The number of halogens is 2. The van der Waals surface area contributed by atoms with E-state index in [1.165, 1.54) is 35.7 Å².